The summed E-state index contributed by atoms with van der Waals surface area (Å²) in [5.74, 6) is 0.281. The standard InChI is InChI=1S/C21H19ClN2OS.C19H13Cl3N2OS.C19H14ClN3OS2.C16H11Cl2N3OS/c1-15-8-10-16(11-9-15)13-24-20(25)18-6-4-12-23-21(18)26-14-17-5-2-3-7-19(17)22;20-13-3-1-4-15(9-13)26-19-16(5-2-8-23-19)18(25)24-11-12-6-7-14(21)10-17(12)22;20-14-7-3-1-5-12(14)9-21-16(24)10-25-19-18-17(22-11-23-19)13-6-2-4-8-15(13)26-18;17-12-4-1-5-13(18)11(12)8-20-15(22)14-9-23-16(21-14)10-3-2-6-19-7-10/h2-12H,13-14H2,1H3,(H,24,25);1-10H,11H2,(H,24,25);1-8,11H,9-10H2,(H,21,24);1-7,9H,8H2,(H,20,22). The van der Waals surface area contributed by atoms with Crippen LogP contribution in [0.15, 0.2) is 251 Å². The van der Waals surface area contributed by atoms with Crippen LogP contribution in [0.5, 0.6) is 0 Å². The highest BCUT2D eigenvalue weighted by Gasteiger charge is 2.19. The Morgan fingerprint density at radius 2 is 1.12 bits per heavy atom. The Kier molecular flexibility index (Phi) is 28.6. The van der Waals surface area contributed by atoms with Gasteiger partial charge in [-0.15, -0.1) is 34.4 Å². The molecule has 0 radical (unpaired) electrons. The predicted molar refractivity (Wildman–Crippen MR) is 417 cm³/mol. The van der Waals surface area contributed by atoms with Crippen LogP contribution in [0.25, 0.3) is 30.9 Å². The molecular weight excluding hydrogens is 1510 g/mol. The fourth-order valence-corrected chi connectivity index (χ4v) is 15.8. The first-order chi connectivity index (χ1) is 49.0. The summed E-state index contributed by atoms with van der Waals surface area (Å²) in [5, 5.41) is 21.4. The molecule has 6 heterocycles. The Balaban J connectivity index is 0.000000145. The van der Waals surface area contributed by atoms with Crippen LogP contribution in [0.1, 0.15) is 64.6 Å². The molecule has 0 saturated carbocycles. The molecule has 0 aliphatic rings. The Bertz CT molecular complexity index is 5000. The van der Waals surface area contributed by atoms with Gasteiger partial charge in [0.2, 0.25) is 5.91 Å². The first-order valence-electron chi connectivity index (χ1n) is 30.6. The predicted octanol–water partition coefficient (Wildman–Crippen LogP) is 20.7. The van der Waals surface area contributed by atoms with Crippen LogP contribution >= 0.6 is 139 Å². The number of carbonyl (C=O) groups excluding carboxylic acids is 4. The van der Waals surface area contributed by atoms with Gasteiger partial charge in [0.25, 0.3) is 17.7 Å². The zero-order valence-corrected chi connectivity index (χ0v) is 62.6. The van der Waals surface area contributed by atoms with Gasteiger partial charge < -0.3 is 21.3 Å². The van der Waals surface area contributed by atoms with E-state index in [1.807, 2.05) is 122 Å². The maximum absolute atomic E-state index is 12.6. The highest BCUT2D eigenvalue weighted by Crippen LogP contribution is 2.38. The molecule has 0 bridgehead atoms. The Morgan fingerprint density at radius 1 is 0.495 bits per heavy atom. The summed E-state index contributed by atoms with van der Waals surface area (Å²) < 4.78 is 2.20. The number of nitrogens with zero attached hydrogens (tertiary/aromatic N) is 6. The fourth-order valence-electron chi connectivity index (χ4n) is 9.23. The second kappa shape index (κ2) is 38.2. The SMILES string of the molecule is Cc1ccc(CNC(=O)c2cccnc2SCc2ccccc2Cl)cc1.O=C(CSc1ncnc2c1sc1ccccc12)NCc1ccccc1Cl.O=C(NCc1c(Cl)cccc1Cl)c1csc(-c2cccnc2)n1.O=C(NCc1ccc(Cl)cc1Cl)c1cccnc1Sc1cccc(Cl)c1. The second-order valence-electron chi connectivity index (χ2n) is 21.5. The van der Waals surface area contributed by atoms with Crippen molar-refractivity contribution in [1.82, 2.24) is 51.2 Å². The number of pyridine rings is 3. The topological polar surface area (TPSA) is 194 Å². The number of hydrogen-bond donors (Lipinski definition) is 4. The van der Waals surface area contributed by atoms with Gasteiger partial charge in [0.15, 0.2) is 0 Å². The van der Waals surface area contributed by atoms with Crippen LogP contribution < -0.4 is 21.3 Å². The second-order valence-corrected chi connectivity index (χ2v) is 29.3. The van der Waals surface area contributed by atoms with Crippen molar-refractivity contribution in [1.29, 1.82) is 0 Å². The number of aryl methyl sites for hydroxylation is 1. The smallest absolute Gasteiger partial charge is 0.271 e. The molecule has 6 aromatic heterocycles. The number of nitrogens with one attached hydrogen (secondary N) is 4. The molecule has 13 rings (SSSR count). The van der Waals surface area contributed by atoms with Crippen LogP contribution in [0.3, 0.4) is 0 Å². The van der Waals surface area contributed by atoms with Crippen molar-refractivity contribution < 1.29 is 19.2 Å². The number of rotatable bonds is 20. The average molecular weight is 1570 g/mol. The van der Waals surface area contributed by atoms with Crippen LogP contribution in [0.4, 0.5) is 0 Å². The summed E-state index contributed by atoms with van der Waals surface area (Å²) >= 11 is 49.9. The van der Waals surface area contributed by atoms with E-state index in [2.05, 4.69) is 63.3 Å². The number of amides is 4. The molecule has 0 unspecified atom stereocenters. The Hall–Kier alpha value is -8.12. The summed E-state index contributed by atoms with van der Waals surface area (Å²) in [4.78, 5) is 76.4. The minimum Gasteiger partial charge on any atom is -0.351 e. The van der Waals surface area contributed by atoms with Crippen LogP contribution in [-0.2, 0) is 36.7 Å². The largest absolute Gasteiger partial charge is 0.351 e. The van der Waals surface area contributed by atoms with Crippen LogP contribution in [0, 0.1) is 6.92 Å². The maximum Gasteiger partial charge on any atom is 0.271 e. The number of thioether (sulfide) groups is 2. The number of thiazole rings is 1. The van der Waals surface area contributed by atoms with Gasteiger partial charge in [0, 0.05) is 123 Å². The third-order valence-corrected chi connectivity index (χ3v) is 21.9. The van der Waals surface area contributed by atoms with Crippen molar-refractivity contribution in [2.75, 3.05) is 5.75 Å². The number of carbonyl (C=O) groups is 4. The van der Waals surface area contributed by atoms with Crippen molar-refractivity contribution >= 4 is 183 Å². The van der Waals surface area contributed by atoms with Crippen molar-refractivity contribution in [3.05, 3.63) is 316 Å². The van der Waals surface area contributed by atoms with Crippen molar-refractivity contribution in [2.45, 2.75) is 58.8 Å². The summed E-state index contributed by atoms with van der Waals surface area (Å²) in [6.07, 6.45) is 8.32. The third kappa shape index (κ3) is 22.2. The molecule has 0 aliphatic heterocycles. The van der Waals surface area contributed by atoms with E-state index in [9.17, 15) is 19.2 Å². The number of thiophene rings is 1. The molecule has 26 heteroatoms. The van der Waals surface area contributed by atoms with Gasteiger partial charge in [-0.1, -0.05) is 207 Å². The molecule has 101 heavy (non-hydrogen) atoms. The van der Waals surface area contributed by atoms with Crippen molar-refractivity contribution in [2.24, 2.45) is 0 Å². The van der Waals surface area contributed by atoms with Gasteiger partial charge in [0.05, 0.1) is 27.1 Å². The van der Waals surface area contributed by atoms with E-state index < -0.39 is 0 Å². The highest BCUT2D eigenvalue weighted by molar-refractivity contribution is 8.00. The van der Waals surface area contributed by atoms with E-state index in [0.29, 0.717) is 93.7 Å². The number of aromatic nitrogens is 6. The monoisotopic (exact) mass is 1570 g/mol. The normalized spacial score (nSPS) is 10.7. The number of halogens is 7. The van der Waals surface area contributed by atoms with E-state index in [-0.39, 0.29) is 30.2 Å². The maximum atomic E-state index is 12.6. The first-order valence-corrected chi connectivity index (χ1v) is 37.7. The van der Waals surface area contributed by atoms with Gasteiger partial charge in [0.1, 0.15) is 32.1 Å². The van der Waals surface area contributed by atoms with E-state index in [1.165, 1.54) is 56.9 Å². The first kappa shape index (κ1) is 75.5. The molecule has 4 amide bonds. The molecule has 7 aromatic carbocycles. The van der Waals surface area contributed by atoms with Gasteiger partial charge >= 0.3 is 0 Å². The Morgan fingerprint density at radius 3 is 1.83 bits per heavy atom. The summed E-state index contributed by atoms with van der Waals surface area (Å²) in [5.41, 5.74) is 8.92. The lowest BCUT2D eigenvalue weighted by Gasteiger charge is -2.10. The third-order valence-electron chi connectivity index (χ3n) is 14.4. The summed E-state index contributed by atoms with van der Waals surface area (Å²) in [7, 11) is 0. The zero-order valence-electron chi connectivity index (χ0n) is 53.2. The van der Waals surface area contributed by atoms with Gasteiger partial charge in [-0.3, -0.25) is 24.2 Å². The molecular formula is C75H57Cl7N10O4S5. The molecule has 0 atom stereocenters. The molecule has 0 saturated heterocycles. The Labute approximate surface area is 638 Å². The number of benzene rings is 7. The number of hydrogen-bond acceptors (Lipinski definition) is 15. The molecule has 0 aliphatic carbocycles. The van der Waals surface area contributed by atoms with Gasteiger partial charge in [-0.05, 0) is 126 Å². The quantitative estimate of drug-likeness (QED) is 0.0416. The van der Waals surface area contributed by atoms with Gasteiger partial charge in [-0.25, -0.2) is 24.9 Å². The van der Waals surface area contributed by atoms with Crippen LogP contribution in [0.2, 0.25) is 35.2 Å². The lowest BCUT2D eigenvalue weighted by Crippen LogP contribution is -2.24. The molecule has 13 aromatic rings. The van der Waals surface area contributed by atoms with Crippen molar-refractivity contribution in [3.8, 4) is 10.6 Å². The van der Waals surface area contributed by atoms with E-state index in [4.69, 9.17) is 81.2 Å². The van der Waals surface area contributed by atoms with Gasteiger partial charge in [-0.2, -0.15) is 0 Å². The van der Waals surface area contributed by atoms with Crippen molar-refractivity contribution in [3.63, 3.8) is 0 Å². The molecule has 4 N–H and O–H groups in total. The summed E-state index contributed by atoms with van der Waals surface area (Å²) in [6, 6.07) is 60.0. The van der Waals surface area contributed by atoms with E-state index in [1.54, 1.807) is 115 Å². The minimum atomic E-state index is -0.271. The molecule has 510 valence electrons. The van der Waals surface area contributed by atoms with E-state index in [0.717, 1.165) is 63.4 Å². The highest BCUT2D eigenvalue weighted by atomic mass is 35.5. The fraction of sp³-hybridized carbons (Fsp3) is 0.0933. The minimum absolute atomic E-state index is 0.0530. The molecule has 0 spiro atoms. The van der Waals surface area contributed by atoms with E-state index >= 15 is 0 Å². The summed E-state index contributed by atoms with van der Waals surface area (Å²) in [6.45, 7) is 3.49. The number of fused-ring (bicyclic) bond motifs is 3. The molecule has 0 fully saturated rings. The zero-order chi connectivity index (χ0) is 71.0. The average Bonchev–Trinajstić information content (AvgIpc) is 1.64. The van der Waals surface area contributed by atoms with Crippen LogP contribution in [-0.4, -0.2) is 59.3 Å². The lowest BCUT2D eigenvalue weighted by atomic mass is 10.1. The molecule has 14 nitrogen and oxygen atoms in total. The lowest BCUT2D eigenvalue weighted by molar-refractivity contribution is -0.118.